The molecule has 6 heteroatoms. The molecular formula is C23H24N2O4. The molecule has 3 rings (SSSR count). The number of amides is 1. The Balaban J connectivity index is 1.86. The highest BCUT2D eigenvalue weighted by Gasteiger charge is 2.14. The predicted octanol–water partition coefficient (Wildman–Crippen LogP) is 3.78. The van der Waals surface area contributed by atoms with E-state index < -0.39 is 5.91 Å². The molecule has 0 fully saturated rings. The zero-order chi connectivity index (χ0) is 21.0. The number of carbonyl (C=O) groups is 1. The van der Waals surface area contributed by atoms with E-state index in [0.29, 0.717) is 23.7 Å². The van der Waals surface area contributed by atoms with Gasteiger partial charge in [-0.1, -0.05) is 23.8 Å². The van der Waals surface area contributed by atoms with Gasteiger partial charge in [-0.3, -0.25) is 9.59 Å². The van der Waals surface area contributed by atoms with Crippen molar-refractivity contribution in [3.63, 3.8) is 0 Å². The molecule has 1 aromatic heterocycles. The number of methoxy groups -OCH3 is 2. The predicted molar refractivity (Wildman–Crippen MR) is 113 cm³/mol. The maximum absolute atomic E-state index is 12.9. The molecule has 0 radical (unpaired) electrons. The molecule has 6 nitrogen and oxygen atoms in total. The van der Waals surface area contributed by atoms with Gasteiger partial charge in [0, 0.05) is 18.0 Å². The monoisotopic (exact) mass is 392 g/mol. The number of hydrogen-bond acceptors (Lipinski definition) is 4. The second-order valence-electron chi connectivity index (χ2n) is 6.81. The largest absolute Gasteiger partial charge is 0.493 e. The molecule has 0 atom stereocenters. The van der Waals surface area contributed by atoms with Crippen LogP contribution in [0.1, 0.15) is 27.0 Å². The summed E-state index contributed by atoms with van der Waals surface area (Å²) >= 11 is 0. The van der Waals surface area contributed by atoms with Crippen LogP contribution in [0, 0.1) is 13.8 Å². The minimum Gasteiger partial charge on any atom is -0.493 e. The fraction of sp³-hybridized carbons (Fsp3) is 0.217. The summed E-state index contributed by atoms with van der Waals surface area (Å²) in [6.45, 7) is 4.43. The van der Waals surface area contributed by atoms with E-state index in [4.69, 9.17) is 9.47 Å². The van der Waals surface area contributed by atoms with E-state index in [1.54, 1.807) is 42.1 Å². The number of pyridine rings is 1. The van der Waals surface area contributed by atoms with Gasteiger partial charge in [-0.05, 0) is 49.2 Å². The lowest BCUT2D eigenvalue weighted by Crippen LogP contribution is -2.29. The number of rotatable bonds is 6. The highest BCUT2D eigenvalue weighted by Crippen LogP contribution is 2.29. The van der Waals surface area contributed by atoms with Crippen LogP contribution in [0.2, 0.25) is 0 Å². The number of aryl methyl sites for hydroxylation is 2. The van der Waals surface area contributed by atoms with Crippen LogP contribution >= 0.6 is 0 Å². The fourth-order valence-electron chi connectivity index (χ4n) is 3.10. The molecule has 150 valence electrons. The summed E-state index contributed by atoms with van der Waals surface area (Å²) in [5.74, 6) is 0.573. The van der Waals surface area contributed by atoms with Gasteiger partial charge in [0.2, 0.25) is 0 Å². The maximum atomic E-state index is 12.9. The summed E-state index contributed by atoms with van der Waals surface area (Å²) in [4.78, 5) is 25.6. The van der Waals surface area contributed by atoms with Gasteiger partial charge < -0.3 is 19.4 Å². The van der Waals surface area contributed by atoms with Crippen LogP contribution in [-0.2, 0) is 6.54 Å². The van der Waals surface area contributed by atoms with E-state index in [1.807, 2.05) is 26.0 Å². The van der Waals surface area contributed by atoms with Gasteiger partial charge in [-0.25, -0.2) is 0 Å². The third-order valence-corrected chi connectivity index (χ3v) is 4.75. The summed E-state index contributed by atoms with van der Waals surface area (Å²) in [6.07, 6.45) is 1.69. The van der Waals surface area contributed by atoms with E-state index >= 15 is 0 Å². The molecule has 0 saturated heterocycles. The zero-order valence-corrected chi connectivity index (χ0v) is 17.0. The fourth-order valence-corrected chi connectivity index (χ4v) is 3.10. The lowest BCUT2D eigenvalue weighted by Gasteiger charge is -2.12. The second kappa shape index (κ2) is 8.65. The van der Waals surface area contributed by atoms with E-state index in [2.05, 4.69) is 11.4 Å². The number of anilines is 1. The molecular weight excluding hydrogens is 368 g/mol. The minimum absolute atomic E-state index is 0.0765. The molecule has 0 aliphatic carbocycles. The van der Waals surface area contributed by atoms with Crippen molar-refractivity contribution in [2.24, 2.45) is 0 Å². The first-order valence-corrected chi connectivity index (χ1v) is 9.22. The van der Waals surface area contributed by atoms with Gasteiger partial charge in [0.1, 0.15) is 5.56 Å². The van der Waals surface area contributed by atoms with Gasteiger partial charge in [0.15, 0.2) is 11.5 Å². The topological polar surface area (TPSA) is 69.6 Å². The number of nitrogens with one attached hydrogen (secondary N) is 1. The molecule has 0 saturated carbocycles. The Morgan fingerprint density at radius 1 is 1.00 bits per heavy atom. The van der Waals surface area contributed by atoms with Crippen LogP contribution < -0.4 is 20.3 Å². The Labute approximate surface area is 169 Å². The molecule has 1 heterocycles. The average molecular weight is 392 g/mol. The normalized spacial score (nSPS) is 10.5. The Bertz CT molecular complexity index is 1100. The third kappa shape index (κ3) is 4.48. The van der Waals surface area contributed by atoms with E-state index in [0.717, 1.165) is 16.7 Å². The van der Waals surface area contributed by atoms with Crippen molar-refractivity contribution in [1.29, 1.82) is 0 Å². The van der Waals surface area contributed by atoms with Gasteiger partial charge in [-0.15, -0.1) is 0 Å². The number of nitrogens with zero attached hydrogens (tertiary/aromatic N) is 1. The Morgan fingerprint density at radius 2 is 1.76 bits per heavy atom. The van der Waals surface area contributed by atoms with Crippen LogP contribution in [0.3, 0.4) is 0 Å². The molecule has 0 spiro atoms. The third-order valence-electron chi connectivity index (χ3n) is 4.75. The minimum atomic E-state index is -0.475. The van der Waals surface area contributed by atoms with Crippen molar-refractivity contribution < 1.29 is 14.3 Å². The number of hydrogen-bond donors (Lipinski definition) is 1. The molecule has 2 aromatic carbocycles. The quantitative estimate of drug-likeness (QED) is 0.693. The summed E-state index contributed by atoms with van der Waals surface area (Å²) < 4.78 is 12.0. The Kier molecular flexibility index (Phi) is 6.02. The van der Waals surface area contributed by atoms with Crippen LogP contribution in [0.25, 0.3) is 0 Å². The zero-order valence-electron chi connectivity index (χ0n) is 17.0. The summed E-state index contributed by atoms with van der Waals surface area (Å²) in [5.41, 5.74) is 3.52. The first-order chi connectivity index (χ1) is 13.9. The second-order valence-corrected chi connectivity index (χ2v) is 6.81. The number of aromatic nitrogens is 1. The van der Waals surface area contributed by atoms with Gasteiger partial charge >= 0.3 is 0 Å². The van der Waals surface area contributed by atoms with Crippen molar-refractivity contribution in [1.82, 2.24) is 4.57 Å². The first-order valence-electron chi connectivity index (χ1n) is 9.22. The number of ether oxygens (including phenoxy) is 2. The maximum Gasteiger partial charge on any atom is 0.263 e. The molecule has 0 aliphatic rings. The van der Waals surface area contributed by atoms with Crippen molar-refractivity contribution in [3.05, 3.63) is 87.3 Å². The van der Waals surface area contributed by atoms with Gasteiger partial charge in [-0.2, -0.15) is 0 Å². The molecule has 3 aromatic rings. The molecule has 0 bridgehead atoms. The first kappa shape index (κ1) is 20.2. The molecule has 0 aliphatic heterocycles. The highest BCUT2D eigenvalue weighted by molar-refractivity contribution is 6.04. The van der Waals surface area contributed by atoms with E-state index in [-0.39, 0.29) is 11.1 Å². The molecule has 0 unspecified atom stereocenters. The van der Waals surface area contributed by atoms with Crippen molar-refractivity contribution in [3.8, 4) is 11.5 Å². The number of carbonyl (C=O) groups excluding carboxylic acids is 1. The van der Waals surface area contributed by atoms with Crippen LogP contribution in [-0.4, -0.2) is 24.7 Å². The van der Waals surface area contributed by atoms with Gasteiger partial charge in [0.25, 0.3) is 11.5 Å². The summed E-state index contributed by atoms with van der Waals surface area (Å²) in [7, 11) is 3.06. The van der Waals surface area contributed by atoms with Crippen LogP contribution in [0.15, 0.2) is 59.5 Å². The average Bonchev–Trinajstić information content (AvgIpc) is 2.72. The Hall–Kier alpha value is -3.54. The number of benzene rings is 2. The van der Waals surface area contributed by atoms with E-state index in [1.165, 1.54) is 13.2 Å². The van der Waals surface area contributed by atoms with Crippen molar-refractivity contribution in [2.45, 2.75) is 20.4 Å². The van der Waals surface area contributed by atoms with Crippen molar-refractivity contribution in [2.75, 3.05) is 19.5 Å². The Morgan fingerprint density at radius 3 is 2.48 bits per heavy atom. The molecule has 1 amide bonds. The van der Waals surface area contributed by atoms with Crippen LogP contribution in [0.5, 0.6) is 11.5 Å². The molecule has 29 heavy (non-hydrogen) atoms. The lowest BCUT2D eigenvalue weighted by atomic mass is 10.1. The standard InChI is InChI=1S/C23H24N2O4/c1-15-7-8-16(2)17(12-15)14-25-11-5-6-19(23(25)27)22(26)24-18-9-10-20(28-3)21(13-18)29-4/h5-13H,14H2,1-4H3,(H,24,26). The molecule has 1 N–H and O–H groups in total. The van der Waals surface area contributed by atoms with Crippen molar-refractivity contribution >= 4 is 11.6 Å². The van der Waals surface area contributed by atoms with E-state index in [9.17, 15) is 9.59 Å². The summed E-state index contributed by atoms with van der Waals surface area (Å²) in [6, 6.07) is 14.4. The van der Waals surface area contributed by atoms with Gasteiger partial charge in [0.05, 0.1) is 20.8 Å². The summed E-state index contributed by atoms with van der Waals surface area (Å²) in [5, 5.41) is 2.75. The van der Waals surface area contributed by atoms with Crippen LogP contribution in [0.4, 0.5) is 5.69 Å². The SMILES string of the molecule is COc1ccc(NC(=O)c2cccn(Cc3cc(C)ccc3C)c2=O)cc1OC. The lowest BCUT2D eigenvalue weighted by molar-refractivity contribution is 0.102. The highest BCUT2D eigenvalue weighted by atomic mass is 16.5. The smallest absolute Gasteiger partial charge is 0.263 e.